The molecular weight excluding hydrogens is 222 g/mol. The Kier molecular flexibility index (Phi) is 3.97. The maximum Gasteiger partial charge on any atom is 0.491 e. The molecule has 0 aliphatic carbocycles. The maximum atomic E-state index is 13.0. The molecular formula is C12H18BFO3. The van der Waals surface area contributed by atoms with Crippen molar-refractivity contribution in [2.24, 2.45) is 0 Å². The van der Waals surface area contributed by atoms with Crippen molar-refractivity contribution in [1.82, 2.24) is 0 Å². The summed E-state index contributed by atoms with van der Waals surface area (Å²) in [7, 11) is -1.27. The zero-order chi connectivity index (χ0) is 13.3. The molecule has 3 nitrogen and oxygen atoms in total. The molecule has 0 aliphatic heterocycles. The lowest BCUT2D eigenvalue weighted by Gasteiger charge is -2.38. The molecule has 0 saturated heterocycles. The summed E-state index contributed by atoms with van der Waals surface area (Å²) in [6.07, 6.45) is 0. The molecule has 2 N–H and O–H groups in total. The molecule has 0 saturated carbocycles. The topological polar surface area (TPSA) is 49.7 Å². The standard InChI is InChI=1S/C12H18BFO3/c1-11(2,15)12(3,4)17-13(16)9-6-5-7-10(14)8-9/h5-8,15-16H,1-4H3. The molecule has 0 aromatic heterocycles. The highest BCUT2D eigenvalue weighted by molar-refractivity contribution is 6.60. The molecule has 1 aromatic rings. The molecule has 5 heteroatoms. The Morgan fingerprint density at radius 3 is 2.29 bits per heavy atom. The van der Waals surface area contributed by atoms with Crippen LogP contribution in [0, 0.1) is 5.82 Å². The second-order valence-electron chi connectivity index (χ2n) is 5.09. The van der Waals surface area contributed by atoms with Crippen LogP contribution in [-0.4, -0.2) is 28.5 Å². The van der Waals surface area contributed by atoms with E-state index >= 15 is 0 Å². The highest BCUT2D eigenvalue weighted by Gasteiger charge is 2.39. The van der Waals surface area contributed by atoms with Gasteiger partial charge in [0.15, 0.2) is 0 Å². The molecule has 0 fully saturated rings. The average Bonchev–Trinajstić information content (AvgIpc) is 2.15. The van der Waals surface area contributed by atoms with E-state index in [4.69, 9.17) is 4.65 Å². The summed E-state index contributed by atoms with van der Waals surface area (Å²) in [5, 5.41) is 19.7. The SMILES string of the molecule is CC(C)(O)C(C)(C)OB(O)c1cccc(F)c1. The van der Waals surface area contributed by atoms with E-state index in [1.54, 1.807) is 33.8 Å². The van der Waals surface area contributed by atoms with Gasteiger partial charge in [0, 0.05) is 0 Å². The first-order valence-corrected chi connectivity index (χ1v) is 5.47. The predicted octanol–water partition coefficient (Wildman–Crippen LogP) is 1.08. The smallest absolute Gasteiger partial charge is 0.423 e. The third-order valence-corrected chi connectivity index (χ3v) is 3.01. The predicted molar refractivity (Wildman–Crippen MR) is 65.5 cm³/mol. The van der Waals surface area contributed by atoms with Crippen molar-refractivity contribution in [2.75, 3.05) is 0 Å². The Balaban J connectivity index is 2.83. The summed E-state index contributed by atoms with van der Waals surface area (Å²) in [6, 6.07) is 5.55. The number of hydrogen-bond acceptors (Lipinski definition) is 3. The van der Waals surface area contributed by atoms with Crippen LogP contribution in [-0.2, 0) is 4.65 Å². The minimum absolute atomic E-state index is 0.322. The van der Waals surface area contributed by atoms with Gasteiger partial charge in [0.25, 0.3) is 0 Å². The minimum atomic E-state index is -1.27. The van der Waals surface area contributed by atoms with Crippen LogP contribution in [0.25, 0.3) is 0 Å². The second-order valence-corrected chi connectivity index (χ2v) is 5.09. The van der Waals surface area contributed by atoms with Crippen LogP contribution in [0.15, 0.2) is 24.3 Å². The van der Waals surface area contributed by atoms with Crippen LogP contribution in [0.5, 0.6) is 0 Å². The molecule has 0 amide bonds. The third-order valence-electron chi connectivity index (χ3n) is 3.01. The zero-order valence-electron chi connectivity index (χ0n) is 10.6. The Bertz CT molecular complexity index is 388. The maximum absolute atomic E-state index is 13.0. The van der Waals surface area contributed by atoms with Crippen LogP contribution >= 0.6 is 0 Å². The van der Waals surface area contributed by atoms with Crippen LogP contribution in [0.3, 0.4) is 0 Å². The van der Waals surface area contributed by atoms with E-state index in [-0.39, 0.29) is 0 Å². The van der Waals surface area contributed by atoms with Crippen molar-refractivity contribution >= 4 is 12.6 Å². The van der Waals surface area contributed by atoms with Gasteiger partial charge in [0.1, 0.15) is 5.82 Å². The second kappa shape index (κ2) is 4.76. The van der Waals surface area contributed by atoms with Gasteiger partial charge in [-0.3, -0.25) is 0 Å². The van der Waals surface area contributed by atoms with Crippen LogP contribution in [0.4, 0.5) is 4.39 Å². The molecule has 0 heterocycles. The summed E-state index contributed by atoms with van der Waals surface area (Å²) in [4.78, 5) is 0. The van der Waals surface area contributed by atoms with Crippen LogP contribution in [0.2, 0.25) is 0 Å². The van der Waals surface area contributed by atoms with Crippen molar-refractivity contribution in [3.8, 4) is 0 Å². The number of halogens is 1. The van der Waals surface area contributed by atoms with Crippen molar-refractivity contribution in [2.45, 2.75) is 38.9 Å². The Hall–Kier alpha value is -0.905. The van der Waals surface area contributed by atoms with Crippen LogP contribution in [0.1, 0.15) is 27.7 Å². The summed E-state index contributed by atoms with van der Waals surface area (Å²) in [6.45, 7) is 6.50. The van der Waals surface area contributed by atoms with Crippen molar-refractivity contribution in [3.05, 3.63) is 30.1 Å². The van der Waals surface area contributed by atoms with E-state index in [0.29, 0.717) is 5.46 Å². The molecule has 0 atom stereocenters. The van der Waals surface area contributed by atoms with Gasteiger partial charge in [-0.15, -0.1) is 0 Å². The zero-order valence-corrected chi connectivity index (χ0v) is 10.6. The quantitative estimate of drug-likeness (QED) is 0.774. The fraction of sp³-hybridized carbons (Fsp3) is 0.500. The van der Waals surface area contributed by atoms with Crippen LogP contribution < -0.4 is 5.46 Å². The highest BCUT2D eigenvalue weighted by Crippen LogP contribution is 2.25. The summed E-state index contributed by atoms with van der Waals surface area (Å²) < 4.78 is 18.4. The first-order chi connectivity index (χ1) is 7.63. The van der Waals surface area contributed by atoms with E-state index in [0.717, 1.165) is 0 Å². The average molecular weight is 240 g/mol. The highest BCUT2D eigenvalue weighted by atomic mass is 19.1. The fourth-order valence-corrected chi connectivity index (χ4v) is 1.15. The lowest BCUT2D eigenvalue weighted by Crippen LogP contribution is -2.53. The van der Waals surface area contributed by atoms with Crippen molar-refractivity contribution in [3.63, 3.8) is 0 Å². The monoisotopic (exact) mass is 240 g/mol. The first kappa shape index (κ1) is 14.2. The first-order valence-electron chi connectivity index (χ1n) is 5.47. The van der Waals surface area contributed by atoms with E-state index in [2.05, 4.69) is 0 Å². The van der Waals surface area contributed by atoms with Crippen molar-refractivity contribution < 1.29 is 19.2 Å². The van der Waals surface area contributed by atoms with Gasteiger partial charge in [-0.05, 0) is 45.3 Å². The molecule has 0 unspecified atom stereocenters. The molecule has 94 valence electrons. The number of benzene rings is 1. The van der Waals surface area contributed by atoms with E-state index in [1.807, 2.05) is 0 Å². The number of aliphatic hydroxyl groups is 1. The lowest BCUT2D eigenvalue weighted by molar-refractivity contribution is -0.0982. The van der Waals surface area contributed by atoms with Gasteiger partial charge >= 0.3 is 7.12 Å². The van der Waals surface area contributed by atoms with E-state index in [9.17, 15) is 14.5 Å². The fourth-order valence-electron chi connectivity index (χ4n) is 1.15. The summed E-state index contributed by atoms with van der Waals surface area (Å²) >= 11 is 0. The van der Waals surface area contributed by atoms with Gasteiger partial charge in [0.05, 0.1) is 11.2 Å². The van der Waals surface area contributed by atoms with Gasteiger partial charge in [-0.2, -0.15) is 0 Å². The Morgan fingerprint density at radius 2 is 1.82 bits per heavy atom. The van der Waals surface area contributed by atoms with Gasteiger partial charge in [-0.25, -0.2) is 4.39 Å². The minimum Gasteiger partial charge on any atom is -0.423 e. The van der Waals surface area contributed by atoms with E-state index < -0.39 is 24.1 Å². The largest absolute Gasteiger partial charge is 0.491 e. The molecule has 0 aliphatic rings. The summed E-state index contributed by atoms with van der Waals surface area (Å²) in [5.74, 6) is -0.439. The molecule has 17 heavy (non-hydrogen) atoms. The molecule has 0 bridgehead atoms. The number of rotatable bonds is 4. The molecule has 1 rings (SSSR count). The van der Waals surface area contributed by atoms with Gasteiger partial charge in [0.2, 0.25) is 0 Å². The van der Waals surface area contributed by atoms with Crippen molar-refractivity contribution in [1.29, 1.82) is 0 Å². The normalized spacial score (nSPS) is 12.6. The van der Waals surface area contributed by atoms with Gasteiger partial charge < -0.3 is 14.8 Å². The molecule has 1 aromatic carbocycles. The number of hydrogen-bond donors (Lipinski definition) is 2. The molecule has 0 radical (unpaired) electrons. The van der Waals surface area contributed by atoms with Gasteiger partial charge in [-0.1, -0.05) is 12.1 Å². The Morgan fingerprint density at radius 1 is 1.24 bits per heavy atom. The summed E-state index contributed by atoms with van der Waals surface area (Å²) in [5.41, 5.74) is -1.76. The lowest BCUT2D eigenvalue weighted by atomic mass is 9.76. The Labute approximate surface area is 101 Å². The third kappa shape index (κ3) is 3.53. The molecule has 0 spiro atoms. The van der Waals surface area contributed by atoms with E-state index in [1.165, 1.54) is 18.2 Å².